The highest BCUT2D eigenvalue weighted by molar-refractivity contribution is 5.64. The average molecular weight is 461 g/mol. The molecule has 1 saturated carbocycles. The van der Waals surface area contributed by atoms with Gasteiger partial charge in [0, 0.05) is 0 Å². The van der Waals surface area contributed by atoms with E-state index >= 15 is 0 Å². The highest BCUT2D eigenvalue weighted by Gasteiger charge is 2.22. The third-order valence-corrected chi connectivity index (χ3v) is 8.30. The van der Waals surface area contributed by atoms with Crippen molar-refractivity contribution in [2.45, 2.75) is 135 Å². The van der Waals surface area contributed by atoms with E-state index in [0.29, 0.717) is 0 Å². The number of unbranched alkanes of at least 4 members (excludes halogenated alkanes) is 10. The highest BCUT2D eigenvalue weighted by Crippen LogP contribution is 2.38. The maximum absolute atomic E-state index is 2.41. The molecule has 3 rings (SSSR count). The molecule has 0 aromatic heterocycles. The van der Waals surface area contributed by atoms with E-state index in [1.54, 1.807) is 5.56 Å². The molecule has 0 heterocycles. The van der Waals surface area contributed by atoms with Crippen LogP contribution in [0.25, 0.3) is 11.1 Å². The number of rotatable bonds is 16. The second-order valence-electron chi connectivity index (χ2n) is 11.1. The maximum Gasteiger partial charge on any atom is -0.0162 e. The number of hydrogen-bond donors (Lipinski definition) is 0. The van der Waals surface area contributed by atoms with Crippen LogP contribution in [0.15, 0.2) is 48.5 Å². The molecule has 1 aliphatic rings. The van der Waals surface area contributed by atoms with Gasteiger partial charge in [0.2, 0.25) is 0 Å². The maximum atomic E-state index is 2.41. The van der Waals surface area contributed by atoms with E-state index in [0.717, 1.165) is 11.8 Å². The fourth-order valence-corrected chi connectivity index (χ4v) is 5.92. The van der Waals surface area contributed by atoms with Crippen LogP contribution in [-0.2, 0) is 6.42 Å². The minimum absolute atomic E-state index is 0.786. The monoisotopic (exact) mass is 460 g/mol. The highest BCUT2D eigenvalue weighted by atomic mass is 14.3. The molecule has 0 N–H and O–H groups in total. The van der Waals surface area contributed by atoms with Crippen LogP contribution in [-0.4, -0.2) is 0 Å². The van der Waals surface area contributed by atoms with Crippen molar-refractivity contribution in [1.29, 1.82) is 0 Å². The van der Waals surface area contributed by atoms with E-state index in [1.165, 1.54) is 132 Å². The third kappa shape index (κ3) is 9.59. The van der Waals surface area contributed by atoms with E-state index in [9.17, 15) is 0 Å². The fourth-order valence-electron chi connectivity index (χ4n) is 5.92. The van der Waals surface area contributed by atoms with Crippen LogP contribution in [0.4, 0.5) is 0 Å². The molecule has 0 bridgehead atoms. The van der Waals surface area contributed by atoms with E-state index < -0.39 is 0 Å². The van der Waals surface area contributed by atoms with Gasteiger partial charge in [0.05, 0.1) is 0 Å². The summed E-state index contributed by atoms with van der Waals surface area (Å²) in [6.07, 6.45) is 25.3. The first-order valence-corrected chi connectivity index (χ1v) is 15.0. The third-order valence-electron chi connectivity index (χ3n) is 8.30. The Morgan fingerprint density at radius 3 is 1.62 bits per heavy atom. The van der Waals surface area contributed by atoms with Gasteiger partial charge >= 0.3 is 0 Å². The predicted octanol–water partition coefficient (Wildman–Crippen LogP) is 11.3. The summed E-state index contributed by atoms with van der Waals surface area (Å²) < 4.78 is 0. The minimum atomic E-state index is 0.786. The van der Waals surface area contributed by atoms with Gasteiger partial charge in [0.25, 0.3) is 0 Å². The summed E-state index contributed by atoms with van der Waals surface area (Å²) in [5.74, 6) is 1.78. The van der Waals surface area contributed by atoms with Gasteiger partial charge in [-0.15, -0.1) is 0 Å². The predicted molar refractivity (Wildman–Crippen MR) is 152 cm³/mol. The molecule has 0 nitrogen and oxygen atoms in total. The average Bonchev–Trinajstić information content (AvgIpc) is 2.89. The zero-order valence-corrected chi connectivity index (χ0v) is 22.5. The summed E-state index contributed by atoms with van der Waals surface area (Å²) in [6.45, 7) is 4.59. The molecule has 0 radical (unpaired) electrons. The van der Waals surface area contributed by atoms with Crippen molar-refractivity contribution in [2.75, 3.05) is 0 Å². The summed E-state index contributed by atoms with van der Waals surface area (Å²) in [5.41, 5.74) is 5.78. The van der Waals surface area contributed by atoms with Crippen molar-refractivity contribution in [3.05, 3.63) is 59.7 Å². The Morgan fingerprint density at radius 2 is 1.03 bits per heavy atom. The van der Waals surface area contributed by atoms with Gasteiger partial charge in [-0.3, -0.25) is 0 Å². The van der Waals surface area contributed by atoms with Gasteiger partial charge < -0.3 is 0 Å². The lowest BCUT2D eigenvalue weighted by molar-refractivity contribution is 0.302. The van der Waals surface area contributed by atoms with Crippen molar-refractivity contribution in [3.8, 4) is 11.1 Å². The van der Waals surface area contributed by atoms with Crippen molar-refractivity contribution in [2.24, 2.45) is 5.92 Å². The smallest absolute Gasteiger partial charge is 0.0162 e. The second-order valence-corrected chi connectivity index (χ2v) is 11.1. The lowest BCUT2D eigenvalue weighted by atomic mass is 9.77. The molecule has 0 spiro atoms. The van der Waals surface area contributed by atoms with Gasteiger partial charge in [0.1, 0.15) is 0 Å². The quantitative estimate of drug-likeness (QED) is 0.218. The molecule has 0 heteroatoms. The zero-order chi connectivity index (χ0) is 23.8. The molecular formula is C34H52. The SMILES string of the molecule is CCCCCCCCCCC1CCC(c2ccc(-c3ccc(CCCCCC)cc3)cc2)CC1. The molecule has 0 amide bonds. The molecule has 0 saturated heterocycles. The Morgan fingerprint density at radius 1 is 0.529 bits per heavy atom. The summed E-state index contributed by atoms with van der Waals surface area (Å²) >= 11 is 0. The first-order valence-electron chi connectivity index (χ1n) is 15.0. The standard InChI is InChI=1S/C34H52/c1-3-5-7-9-10-11-12-14-16-30-19-23-32(24-20-30)34-27-25-33(26-28-34)31-21-17-29(18-22-31)15-13-8-6-4-2/h17-18,21-22,25-28,30,32H,3-16,19-20,23-24H2,1-2H3. The van der Waals surface area contributed by atoms with Gasteiger partial charge in [-0.05, 0) is 72.6 Å². The Bertz CT molecular complexity index is 746. The molecule has 1 fully saturated rings. The summed E-state index contributed by atoms with van der Waals surface area (Å²) in [5, 5.41) is 0. The van der Waals surface area contributed by atoms with Crippen LogP contribution in [0.2, 0.25) is 0 Å². The van der Waals surface area contributed by atoms with E-state index in [2.05, 4.69) is 62.4 Å². The first kappa shape index (κ1) is 27.0. The number of benzene rings is 2. The Hall–Kier alpha value is -1.56. The second kappa shape index (κ2) is 16.2. The van der Waals surface area contributed by atoms with Crippen molar-refractivity contribution in [1.82, 2.24) is 0 Å². The summed E-state index contributed by atoms with van der Waals surface area (Å²) in [6, 6.07) is 18.9. The molecule has 2 aromatic carbocycles. The van der Waals surface area contributed by atoms with Crippen LogP contribution in [0, 0.1) is 5.92 Å². The van der Waals surface area contributed by atoms with Gasteiger partial charge in [-0.2, -0.15) is 0 Å². The first-order chi connectivity index (χ1) is 16.8. The number of hydrogen-bond acceptors (Lipinski definition) is 0. The van der Waals surface area contributed by atoms with Crippen molar-refractivity contribution >= 4 is 0 Å². The Balaban J connectivity index is 1.35. The largest absolute Gasteiger partial charge is 0.0654 e. The fraction of sp³-hybridized carbons (Fsp3) is 0.647. The Kier molecular flexibility index (Phi) is 12.9. The zero-order valence-electron chi connectivity index (χ0n) is 22.5. The van der Waals surface area contributed by atoms with Gasteiger partial charge in [-0.25, -0.2) is 0 Å². The van der Waals surface area contributed by atoms with Crippen LogP contribution < -0.4 is 0 Å². The van der Waals surface area contributed by atoms with Crippen molar-refractivity contribution in [3.63, 3.8) is 0 Å². The van der Waals surface area contributed by atoms with Gasteiger partial charge in [0.15, 0.2) is 0 Å². The molecule has 188 valence electrons. The van der Waals surface area contributed by atoms with Crippen LogP contribution >= 0.6 is 0 Å². The molecule has 2 aromatic rings. The lowest BCUT2D eigenvalue weighted by Crippen LogP contribution is -2.13. The van der Waals surface area contributed by atoms with E-state index in [1.807, 2.05) is 0 Å². The van der Waals surface area contributed by atoms with Crippen LogP contribution in [0.3, 0.4) is 0 Å². The molecule has 0 atom stereocenters. The normalized spacial score (nSPS) is 18.3. The number of aryl methyl sites for hydroxylation is 1. The van der Waals surface area contributed by atoms with Crippen LogP contribution in [0.1, 0.15) is 140 Å². The molecule has 1 aliphatic carbocycles. The minimum Gasteiger partial charge on any atom is -0.0654 e. The van der Waals surface area contributed by atoms with Crippen molar-refractivity contribution < 1.29 is 0 Å². The Labute approximate surface area is 212 Å². The van der Waals surface area contributed by atoms with Crippen LogP contribution in [0.5, 0.6) is 0 Å². The lowest BCUT2D eigenvalue weighted by Gasteiger charge is -2.29. The molecule has 0 aliphatic heterocycles. The van der Waals surface area contributed by atoms with E-state index in [4.69, 9.17) is 0 Å². The topological polar surface area (TPSA) is 0 Å². The van der Waals surface area contributed by atoms with E-state index in [-0.39, 0.29) is 0 Å². The molecular weight excluding hydrogens is 408 g/mol. The summed E-state index contributed by atoms with van der Waals surface area (Å²) in [7, 11) is 0. The summed E-state index contributed by atoms with van der Waals surface area (Å²) in [4.78, 5) is 0. The van der Waals surface area contributed by atoms with Gasteiger partial charge in [-0.1, -0.05) is 139 Å². The molecule has 0 unspecified atom stereocenters. The molecule has 34 heavy (non-hydrogen) atoms.